The number of aromatic hydroxyl groups is 1. The fourth-order valence-electron chi connectivity index (χ4n) is 3.09. The van der Waals surface area contributed by atoms with Gasteiger partial charge in [-0.15, -0.1) is 0 Å². The predicted octanol–water partition coefficient (Wildman–Crippen LogP) is 3.18. The molecule has 25 heavy (non-hydrogen) atoms. The van der Waals surface area contributed by atoms with Crippen LogP contribution in [0.15, 0.2) is 36.4 Å². The van der Waals surface area contributed by atoms with Crippen molar-refractivity contribution in [1.29, 1.82) is 0 Å². The number of hydrogen-bond donors (Lipinski definition) is 3. The number of phenols is 1. The zero-order valence-electron chi connectivity index (χ0n) is 14.3. The Hall–Kier alpha value is -2.24. The topological polar surface area (TPSA) is 79.2 Å². The first-order chi connectivity index (χ1) is 12.1. The van der Waals surface area contributed by atoms with Crippen LogP contribution >= 0.6 is 0 Å². The Morgan fingerprint density at radius 3 is 2.56 bits per heavy atom. The molecule has 0 aliphatic carbocycles. The number of aliphatic hydroxyl groups excluding tert-OH is 2. The van der Waals surface area contributed by atoms with Gasteiger partial charge in [-0.3, -0.25) is 0 Å². The Balaban J connectivity index is 1.98. The van der Waals surface area contributed by atoms with Crippen molar-refractivity contribution in [2.45, 2.75) is 44.3 Å². The van der Waals surface area contributed by atoms with Crippen molar-refractivity contribution in [3.8, 4) is 23.0 Å². The maximum absolute atomic E-state index is 10.2. The minimum Gasteiger partial charge on any atom is -0.504 e. The Labute approximate surface area is 147 Å². The van der Waals surface area contributed by atoms with Gasteiger partial charge in [-0.05, 0) is 54.7 Å². The van der Waals surface area contributed by atoms with Crippen molar-refractivity contribution in [2.24, 2.45) is 0 Å². The quantitative estimate of drug-likeness (QED) is 0.740. The number of aliphatic hydroxyl groups is 2. The lowest BCUT2D eigenvalue weighted by atomic mass is 9.98. The van der Waals surface area contributed by atoms with E-state index >= 15 is 0 Å². The summed E-state index contributed by atoms with van der Waals surface area (Å²) < 4.78 is 11.3. The van der Waals surface area contributed by atoms with Gasteiger partial charge in [0.1, 0.15) is 0 Å². The molecule has 3 N–H and O–H groups in total. The van der Waals surface area contributed by atoms with E-state index in [9.17, 15) is 15.3 Å². The van der Waals surface area contributed by atoms with Gasteiger partial charge in [0.05, 0.1) is 19.3 Å². The molecule has 5 nitrogen and oxygen atoms in total. The minimum absolute atomic E-state index is 0.00855. The summed E-state index contributed by atoms with van der Waals surface area (Å²) in [5, 5.41) is 30.5. The summed E-state index contributed by atoms with van der Waals surface area (Å²) in [5.74, 6) is 1.43. The van der Waals surface area contributed by atoms with Crippen LogP contribution in [0.5, 0.6) is 23.0 Å². The van der Waals surface area contributed by atoms with E-state index in [1.807, 2.05) is 18.2 Å². The Morgan fingerprint density at radius 2 is 1.76 bits per heavy atom. The zero-order valence-corrected chi connectivity index (χ0v) is 14.3. The molecule has 0 unspecified atom stereocenters. The molecular formula is C20H24O5. The lowest BCUT2D eigenvalue weighted by Crippen LogP contribution is -2.27. The van der Waals surface area contributed by atoms with Crippen LogP contribution in [0.2, 0.25) is 0 Å². The number of hydrogen-bond acceptors (Lipinski definition) is 5. The molecule has 0 fully saturated rings. The standard InChI is InChI=1S/C20H24O5/c1-24-20-11-13-4-2-3-5-15(21)17(23)10-14-6-8-16(22)19(12-14)25-18(20)9-7-13/h6-9,11-12,15,17,21-23H,2-5,10H2,1H3/t15-,17+/m0/s1. The fourth-order valence-corrected chi connectivity index (χ4v) is 3.09. The first kappa shape index (κ1) is 17.6. The highest BCUT2D eigenvalue weighted by atomic mass is 16.5. The van der Waals surface area contributed by atoms with Crippen LogP contribution < -0.4 is 9.47 Å². The second kappa shape index (κ2) is 7.76. The molecule has 0 saturated heterocycles. The van der Waals surface area contributed by atoms with Crippen molar-refractivity contribution in [3.63, 3.8) is 0 Å². The molecule has 2 heterocycles. The van der Waals surface area contributed by atoms with Crippen molar-refractivity contribution >= 4 is 0 Å². The van der Waals surface area contributed by atoms with Crippen LogP contribution in [0.3, 0.4) is 0 Å². The molecule has 0 amide bonds. The molecule has 2 aliphatic heterocycles. The smallest absolute Gasteiger partial charge is 0.169 e. The molecule has 2 atom stereocenters. The Morgan fingerprint density at radius 1 is 0.960 bits per heavy atom. The highest BCUT2D eigenvalue weighted by Gasteiger charge is 2.18. The highest BCUT2D eigenvalue weighted by molar-refractivity contribution is 5.49. The molecule has 5 heteroatoms. The number of aryl methyl sites for hydroxylation is 1. The molecule has 2 aliphatic rings. The van der Waals surface area contributed by atoms with Crippen molar-refractivity contribution < 1.29 is 24.8 Å². The lowest BCUT2D eigenvalue weighted by molar-refractivity contribution is 0.0138. The van der Waals surface area contributed by atoms with Crippen LogP contribution in [-0.4, -0.2) is 34.6 Å². The van der Waals surface area contributed by atoms with Crippen LogP contribution in [0, 0.1) is 0 Å². The molecule has 134 valence electrons. The fraction of sp³-hybridized carbons (Fsp3) is 0.400. The first-order valence-electron chi connectivity index (χ1n) is 8.59. The molecule has 4 rings (SSSR count). The monoisotopic (exact) mass is 344 g/mol. The third kappa shape index (κ3) is 4.24. The molecule has 0 saturated carbocycles. The van der Waals surface area contributed by atoms with E-state index < -0.39 is 12.2 Å². The molecule has 2 aromatic rings. The van der Waals surface area contributed by atoms with E-state index in [4.69, 9.17) is 9.47 Å². The van der Waals surface area contributed by atoms with Gasteiger partial charge in [0, 0.05) is 6.42 Å². The lowest BCUT2D eigenvalue weighted by Gasteiger charge is -2.18. The number of methoxy groups -OCH3 is 1. The number of benzene rings is 2. The average Bonchev–Trinajstić information content (AvgIpc) is 2.62. The largest absolute Gasteiger partial charge is 0.504 e. The number of ether oxygens (including phenoxy) is 2. The van der Waals surface area contributed by atoms with Gasteiger partial charge in [-0.2, -0.15) is 0 Å². The minimum atomic E-state index is -0.842. The van der Waals surface area contributed by atoms with Crippen LogP contribution in [0.4, 0.5) is 0 Å². The Bertz CT molecular complexity index is 728. The van der Waals surface area contributed by atoms with E-state index in [0.29, 0.717) is 30.1 Å². The van der Waals surface area contributed by atoms with Gasteiger partial charge in [0.25, 0.3) is 0 Å². The molecule has 0 radical (unpaired) electrons. The van der Waals surface area contributed by atoms with E-state index in [-0.39, 0.29) is 5.75 Å². The zero-order chi connectivity index (χ0) is 17.8. The third-order valence-corrected chi connectivity index (χ3v) is 4.58. The Kier molecular flexibility index (Phi) is 5.46. The summed E-state index contributed by atoms with van der Waals surface area (Å²) in [6, 6.07) is 10.7. The summed E-state index contributed by atoms with van der Waals surface area (Å²) in [6.45, 7) is 0. The van der Waals surface area contributed by atoms with Gasteiger partial charge >= 0.3 is 0 Å². The molecule has 4 bridgehead atoms. The number of rotatable bonds is 1. The van der Waals surface area contributed by atoms with Crippen molar-refractivity contribution in [2.75, 3.05) is 7.11 Å². The molecule has 0 aromatic heterocycles. The first-order valence-corrected chi connectivity index (χ1v) is 8.59. The van der Waals surface area contributed by atoms with Gasteiger partial charge in [0.2, 0.25) is 0 Å². The summed E-state index contributed by atoms with van der Waals surface area (Å²) in [5.41, 5.74) is 1.90. The van der Waals surface area contributed by atoms with Crippen molar-refractivity contribution in [1.82, 2.24) is 0 Å². The van der Waals surface area contributed by atoms with Crippen LogP contribution in [-0.2, 0) is 12.8 Å². The van der Waals surface area contributed by atoms with Gasteiger partial charge in [-0.1, -0.05) is 18.6 Å². The third-order valence-electron chi connectivity index (χ3n) is 4.58. The second-order valence-corrected chi connectivity index (χ2v) is 6.47. The number of phenolic OH excluding ortho intramolecular Hbond substituents is 1. The molecule has 0 spiro atoms. The summed E-state index contributed by atoms with van der Waals surface area (Å²) in [6.07, 6.45) is 1.86. The van der Waals surface area contributed by atoms with E-state index in [1.165, 1.54) is 6.07 Å². The maximum atomic E-state index is 10.2. The van der Waals surface area contributed by atoms with Gasteiger partial charge in [0.15, 0.2) is 23.0 Å². The molecule has 2 aromatic carbocycles. The summed E-state index contributed by atoms with van der Waals surface area (Å²) in [7, 11) is 1.59. The number of fused-ring (bicyclic) bond motifs is 8. The SMILES string of the molecule is COc1cc2ccc1Oc1cc(ccc1O)C[C@@H](O)[C@@H](O)CCCC2. The predicted molar refractivity (Wildman–Crippen MR) is 94.4 cm³/mol. The van der Waals surface area contributed by atoms with Crippen molar-refractivity contribution in [3.05, 3.63) is 47.5 Å². The maximum Gasteiger partial charge on any atom is 0.169 e. The molecular weight excluding hydrogens is 320 g/mol. The van der Waals surface area contributed by atoms with Crippen LogP contribution in [0.25, 0.3) is 0 Å². The highest BCUT2D eigenvalue weighted by Crippen LogP contribution is 2.37. The average molecular weight is 344 g/mol. The van der Waals surface area contributed by atoms with E-state index in [1.54, 1.807) is 19.2 Å². The van der Waals surface area contributed by atoms with Gasteiger partial charge in [-0.25, -0.2) is 0 Å². The van der Waals surface area contributed by atoms with Gasteiger partial charge < -0.3 is 24.8 Å². The van der Waals surface area contributed by atoms with E-state index in [0.717, 1.165) is 30.4 Å². The summed E-state index contributed by atoms with van der Waals surface area (Å²) >= 11 is 0. The van der Waals surface area contributed by atoms with Crippen LogP contribution in [0.1, 0.15) is 30.4 Å². The summed E-state index contributed by atoms with van der Waals surface area (Å²) in [4.78, 5) is 0. The van der Waals surface area contributed by atoms with E-state index in [2.05, 4.69) is 0 Å². The second-order valence-electron chi connectivity index (χ2n) is 6.47. The normalized spacial score (nSPS) is 21.1.